The number of aromatic amines is 1. The molecule has 1 aromatic rings. The van der Waals surface area contributed by atoms with E-state index in [0.29, 0.717) is 10.9 Å². The number of aromatic nitrogens is 3. The molecule has 0 atom stereocenters. The molecule has 0 spiro atoms. The highest BCUT2D eigenvalue weighted by Gasteiger charge is 2.18. The average Bonchev–Trinajstić information content (AvgIpc) is 2.92. The molecule has 0 saturated heterocycles. The molecule has 0 aliphatic heterocycles. The average molecular weight is 266 g/mol. The van der Waals surface area contributed by atoms with Crippen molar-refractivity contribution in [1.82, 2.24) is 20.1 Å². The molecule has 18 heavy (non-hydrogen) atoms. The lowest BCUT2D eigenvalue weighted by Gasteiger charge is -2.26. The summed E-state index contributed by atoms with van der Waals surface area (Å²) in [6, 6.07) is 0. The van der Waals surface area contributed by atoms with Crippen LogP contribution in [0, 0.1) is 0 Å². The van der Waals surface area contributed by atoms with E-state index in [4.69, 9.17) is 0 Å². The van der Waals surface area contributed by atoms with Gasteiger partial charge in [-0.2, -0.15) is 5.10 Å². The highest BCUT2D eigenvalue weighted by atomic mass is 32.2. The second-order valence-electron chi connectivity index (χ2n) is 4.16. The summed E-state index contributed by atoms with van der Waals surface area (Å²) in [6.45, 7) is 2.76. The number of nitrogens with zero attached hydrogens (tertiary/aromatic N) is 3. The van der Waals surface area contributed by atoms with Crippen LogP contribution in [0.4, 0.5) is 0 Å². The van der Waals surface area contributed by atoms with Crippen molar-refractivity contribution < 1.29 is 4.79 Å². The molecule has 0 saturated carbocycles. The molecular weight excluding hydrogens is 248 g/mol. The predicted molar refractivity (Wildman–Crippen MR) is 71.0 cm³/mol. The van der Waals surface area contributed by atoms with Crippen LogP contribution in [0.15, 0.2) is 23.3 Å². The first-order valence-electron chi connectivity index (χ1n) is 6.29. The number of allylic oxidation sites excluding steroid dienone is 2. The van der Waals surface area contributed by atoms with Gasteiger partial charge in [-0.3, -0.25) is 9.89 Å². The van der Waals surface area contributed by atoms with Crippen LogP contribution in [0.2, 0.25) is 0 Å². The Balaban J connectivity index is 1.91. The van der Waals surface area contributed by atoms with E-state index in [0.717, 1.165) is 19.4 Å². The lowest BCUT2D eigenvalue weighted by atomic mass is 10.0. The number of H-pyrrole nitrogens is 1. The molecule has 1 heterocycles. The van der Waals surface area contributed by atoms with Gasteiger partial charge in [0.2, 0.25) is 5.91 Å². The SMILES string of the molecule is CCN(C(=O)CSc1ncn[nH]1)C1=CCCCC1. The summed E-state index contributed by atoms with van der Waals surface area (Å²) < 4.78 is 0. The summed E-state index contributed by atoms with van der Waals surface area (Å²) in [5.41, 5.74) is 1.19. The summed E-state index contributed by atoms with van der Waals surface area (Å²) in [6.07, 6.45) is 8.19. The Bertz CT molecular complexity index is 416. The van der Waals surface area contributed by atoms with Crippen LogP contribution in [0.3, 0.4) is 0 Å². The van der Waals surface area contributed by atoms with E-state index in [1.54, 1.807) is 0 Å². The third-order valence-corrected chi connectivity index (χ3v) is 3.82. The molecule has 1 aromatic heterocycles. The predicted octanol–water partition coefficient (Wildman–Crippen LogP) is 2.20. The number of carbonyl (C=O) groups excluding carboxylic acids is 1. The largest absolute Gasteiger partial charge is 0.316 e. The number of thioether (sulfide) groups is 1. The van der Waals surface area contributed by atoms with Gasteiger partial charge in [-0.1, -0.05) is 17.8 Å². The van der Waals surface area contributed by atoms with Crippen LogP contribution in [0.1, 0.15) is 32.6 Å². The van der Waals surface area contributed by atoms with Crippen LogP contribution in [-0.4, -0.2) is 38.3 Å². The smallest absolute Gasteiger partial charge is 0.237 e. The first kappa shape index (κ1) is 13.1. The molecule has 1 aliphatic rings. The minimum absolute atomic E-state index is 0.145. The van der Waals surface area contributed by atoms with Gasteiger partial charge in [0, 0.05) is 12.2 Å². The molecule has 0 unspecified atom stereocenters. The van der Waals surface area contributed by atoms with Crippen molar-refractivity contribution in [2.45, 2.75) is 37.8 Å². The molecule has 98 valence electrons. The highest BCUT2D eigenvalue weighted by molar-refractivity contribution is 7.99. The van der Waals surface area contributed by atoms with E-state index in [-0.39, 0.29) is 5.91 Å². The van der Waals surface area contributed by atoms with E-state index in [1.165, 1.54) is 36.6 Å². The Morgan fingerprint density at radius 2 is 2.44 bits per heavy atom. The Morgan fingerprint density at radius 3 is 3.06 bits per heavy atom. The van der Waals surface area contributed by atoms with Crippen LogP contribution < -0.4 is 0 Å². The van der Waals surface area contributed by atoms with Gasteiger partial charge in [0.05, 0.1) is 5.75 Å². The molecule has 5 nitrogen and oxygen atoms in total. The zero-order valence-corrected chi connectivity index (χ0v) is 11.4. The number of hydrogen-bond acceptors (Lipinski definition) is 4. The number of rotatable bonds is 5. The number of hydrogen-bond donors (Lipinski definition) is 1. The lowest BCUT2D eigenvalue weighted by Crippen LogP contribution is -2.32. The van der Waals surface area contributed by atoms with Crippen molar-refractivity contribution in [2.75, 3.05) is 12.3 Å². The molecule has 6 heteroatoms. The monoisotopic (exact) mass is 266 g/mol. The zero-order valence-electron chi connectivity index (χ0n) is 10.6. The summed E-state index contributed by atoms with van der Waals surface area (Å²) in [5, 5.41) is 7.20. The molecule has 1 N–H and O–H groups in total. The maximum atomic E-state index is 12.2. The Hall–Kier alpha value is -1.30. The van der Waals surface area contributed by atoms with E-state index >= 15 is 0 Å². The van der Waals surface area contributed by atoms with Gasteiger partial charge < -0.3 is 4.90 Å². The lowest BCUT2D eigenvalue weighted by molar-refractivity contribution is -0.126. The molecule has 0 aromatic carbocycles. The van der Waals surface area contributed by atoms with E-state index in [1.807, 2.05) is 11.8 Å². The van der Waals surface area contributed by atoms with Gasteiger partial charge in [-0.25, -0.2) is 4.98 Å². The number of nitrogens with one attached hydrogen (secondary N) is 1. The van der Waals surface area contributed by atoms with Crippen molar-refractivity contribution in [3.63, 3.8) is 0 Å². The molecule has 0 radical (unpaired) electrons. The molecule has 0 bridgehead atoms. The quantitative estimate of drug-likeness (QED) is 0.830. The van der Waals surface area contributed by atoms with Crippen LogP contribution in [0.25, 0.3) is 0 Å². The fourth-order valence-corrected chi connectivity index (χ4v) is 2.73. The summed E-state index contributed by atoms with van der Waals surface area (Å²) in [4.78, 5) is 18.1. The fourth-order valence-electron chi connectivity index (χ4n) is 2.08. The Morgan fingerprint density at radius 1 is 1.56 bits per heavy atom. The minimum atomic E-state index is 0.145. The topological polar surface area (TPSA) is 61.9 Å². The first-order valence-corrected chi connectivity index (χ1v) is 7.27. The second kappa shape index (κ2) is 6.58. The van der Waals surface area contributed by atoms with E-state index < -0.39 is 0 Å². The van der Waals surface area contributed by atoms with Crippen molar-refractivity contribution >= 4 is 17.7 Å². The van der Waals surface area contributed by atoms with Crippen LogP contribution in [0.5, 0.6) is 0 Å². The Labute approximate surface area is 111 Å². The van der Waals surface area contributed by atoms with Crippen molar-refractivity contribution in [1.29, 1.82) is 0 Å². The highest BCUT2D eigenvalue weighted by Crippen LogP contribution is 2.22. The van der Waals surface area contributed by atoms with Gasteiger partial charge in [-0.05, 0) is 32.6 Å². The van der Waals surface area contributed by atoms with Crippen LogP contribution in [-0.2, 0) is 4.79 Å². The molecule has 1 amide bonds. The van der Waals surface area contributed by atoms with Crippen molar-refractivity contribution in [2.24, 2.45) is 0 Å². The van der Waals surface area contributed by atoms with Gasteiger partial charge in [0.1, 0.15) is 6.33 Å². The van der Waals surface area contributed by atoms with E-state index in [9.17, 15) is 4.79 Å². The zero-order chi connectivity index (χ0) is 12.8. The third-order valence-electron chi connectivity index (χ3n) is 2.96. The van der Waals surface area contributed by atoms with Gasteiger partial charge >= 0.3 is 0 Å². The van der Waals surface area contributed by atoms with E-state index in [2.05, 4.69) is 21.3 Å². The maximum Gasteiger partial charge on any atom is 0.237 e. The van der Waals surface area contributed by atoms with Crippen LogP contribution >= 0.6 is 11.8 Å². The fraction of sp³-hybridized carbons (Fsp3) is 0.583. The summed E-state index contributed by atoms with van der Waals surface area (Å²) >= 11 is 1.40. The second-order valence-corrected chi connectivity index (χ2v) is 5.12. The van der Waals surface area contributed by atoms with Crippen molar-refractivity contribution in [3.8, 4) is 0 Å². The van der Waals surface area contributed by atoms with Crippen molar-refractivity contribution in [3.05, 3.63) is 18.1 Å². The number of amides is 1. The third kappa shape index (κ3) is 3.35. The normalized spacial score (nSPS) is 15.3. The molecule has 0 fully saturated rings. The number of carbonyl (C=O) groups is 1. The van der Waals surface area contributed by atoms with Gasteiger partial charge in [0.15, 0.2) is 5.16 Å². The molecular formula is C12H18N4OS. The standard InChI is InChI=1S/C12H18N4OS/c1-2-16(10-6-4-3-5-7-10)11(17)8-18-12-13-9-14-15-12/h6,9H,2-5,7-8H2,1H3,(H,13,14,15). The first-order chi connectivity index (χ1) is 8.81. The summed E-state index contributed by atoms with van der Waals surface area (Å²) in [5.74, 6) is 0.549. The Kier molecular flexibility index (Phi) is 4.81. The minimum Gasteiger partial charge on any atom is -0.316 e. The molecule has 2 rings (SSSR count). The maximum absolute atomic E-state index is 12.2. The van der Waals surface area contributed by atoms with Gasteiger partial charge in [-0.15, -0.1) is 0 Å². The van der Waals surface area contributed by atoms with Gasteiger partial charge in [0.25, 0.3) is 0 Å². The molecule has 1 aliphatic carbocycles. The summed E-state index contributed by atoms with van der Waals surface area (Å²) in [7, 11) is 0.